The summed E-state index contributed by atoms with van der Waals surface area (Å²) in [5.74, 6) is -0.476. The molecule has 8 heteroatoms. The molecule has 1 heterocycles. The van der Waals surface area contributed by atoms with Crippen molar-refractivity contribution < 1.29 is 9.53 Å². The lowest BCUT2D eigenvalue weighted by molar-refractivity contribution is -0.146. The van der Waals surface area contributed by atoms with Gasteiger partial charge in [-0.15, -0.1) is 5.10 Å². The number of ether oxygens (including phenoxy) is 1. The fraction of sp³-hybridized carbons (Fsp3) is 0.357. The molecule has 0 saturated carbocycles. The monoisotopic (exact) mass is 387 g/mol. The first kappa shape index (κ1) is 16.8. The smallest absolute Gasteiger partial charge is 0.347 e. The summed E-state index contributed by atoms with van der Waals surface area (Å²) in [7, 11) is 0. The minimum absolute atomic E-state index is 0.258. The normalized spacial score (nSPS) is 12.2. The summed E-state index contributed by atoms with van der Waals surface area (Å²) in [5.41, 5.74) is 0.495. The second-order valence-electron chi connectivity index (χ2n) is 4.63. The molecule has 0 amide bonds. The van der Waals surface area contributed by atoms with Gasteiger partial charge in [0.25, 0.3) is 0 Å². The van der Waals surface area contributed by atoms with Gasteiger partial charge in [0.1, 0.15) is 6.04 Å². The molecule has 0 bridgehead atoms. The molecule has 0 fully saturated rings. The number of hydrogen-bond donors (Lipinski definition) is 0. The molecule has 0 aliphatic carbocycles. The number of benzene rings is 1. The lowest BCUT2D eigenvalue weighted by Gasteiger charge is -2.10. The minimum atomic E-state index is -0.749. The Hall–Kier alpha value is -1.60. The highest BCUT2D eigenvalue weighted by Crippen LogP contribution is 2.14. The van der Waals surface area contributed by atoms with Crippen molar-refractivity contribution >= 4 is 33.5 Å². The summed E-state index contributed by atoms with van der Waals surface area (Å²) >= 11 is 9.05. The third kappa shape index (κ3) is 3.59. The number of carbonyl (C=O) groups excluding carboxylic acids is 1. The number of nitrogens with zero attached hydrogens (tertiary/aromatic N) is 3. The maximum atomic E-state index is 12.4. The van der Waals surface area contributed by atoms with Crippen molar-refractivity contribution in [1.29, 1.82) is 0 Å². The SMILES string of the molecule is CCOC(=O)C(C)n1c(Br)nn(Cc2ccc(Cl)cc2)c1=O. The fourth-order valence-electron chi connectivity index (χ4n) is 1.95. The van der Waals surface area contributed by atoms with Crippen LogP contribution in [-0.2, 0) is 16.1 Å². The molecule has 0 N–H and O–H groups in total. The van der Waals surface area contributed by atoms with Crippen molar-refractivity contribution in [2.45, 2.75) is 26.4 Å². The van der Waals surface area contributed by atoms with Crippen LogP contribution in [0, 0.1) is 0 Å². The molecule has 1 unspecified atom stereocenters. The zero-order chi connectivity index (χ0) is 16.3. The van der Waals surface area contributed by atoms with Crippen LogP contribution in [0.15, 0.2) is 33.8 Å². The quantitative estimate of drug-likeness (QED) is 0.739. The van der Waals surface area contributed by atoms with Gasteiger partial charge in [-0.25, -0.2) is 14.3 Å². The van der Waals surface area contributed by atoms with Gasteiger partial charge in [0.05, 0.1) is 13.2 Å². The van der Waals surface area contributed by atoms with Crippen molar-refractivity contribution in [2.75, 3.05) is 6.61 Å². The molecule has 0 saturated heterocycles. The van der Waals surface area contributed by atoms with Crippen molar-refractivity contribution in [1.82, 2.24) is 14.3 Å². The minimum Gasteiger partial charge on any atom is -0.464 e. The standard InChI is InChI=1S/C14H15BrClN3O3/c1-3-22-12(20)9(2)19-13(15)17-18(14(19)21)8-10-4-6-11(16)7-5-10/h4-7,9H,3,8H2,1-2H3. The average Bonchev–Trinajstić information content (AvgIpc) is 2.75. The summed E-state index contributed by atoms with van der Waals surface area (Å²) in [6, 6.07) is 6.37. The van der Waals surface area contributed by atoms with E-state index < -0.39 is 12.0 Å². The second kappa shape index (κ2) is 7.11. The van der Waals surface area contributed by atoms with Gasteiger partial charge in [-0.05, 0) is 47.5 Å². The van der Waals surface area contributed by atoms with Crippen LogP contribution in [-0.4, -0.2) is 26.9 Å². The van der Waals surface area contributed by atoms with Crippen LogP contribution in [0.25, 0.3) is 0 Å². The van der Waals surface area contributed by atoms with Gasteiger partial charge < -0.3 is 4.74 Å². The van der Waals surface area contributed by atoms with Crippen LogP contribution in [0.3, 0.4) is 0 Å². The molecule has 0 spiro atoms. The number of hydrogen-bond acceptors (Lipinski definition) is 4. The van der Waals surface area contributed by atoms with Gasteiger partial charge in [0.2, 0.25) is 4.73 Å². The first-order valence-electron chi connectivity index (χ1n) is 6.70. The highest BCUT2D eigenvalue weighted by atomic mass is 79.9. The summed E-state index contributed by atoms with van der Waals surface area (Å²) in [4.78, 5) is 24.2. The second-order valence-corrected chi connectivity index (χ2v) is 5.78. The molecule has 0 radical (unpaired) electrons. The Kier molecular flexibility index (Phi) is 5.42. The summed E-state index contributed by atoms with van der Waals surface area (Å²) in [6.45, 7) is 3.86. The zero-order valence-electron chi connectivity index (χ0n) is 12.1. The lowest BCUT2D eigenvalue weighted by Crippen LogP contribution is -2.31. The van der Waals surface area contributed by atoms with Crippen molar-refractivity contribution in [3.63, 3.8) is 0 Å². The zero-order valence-corrected chi connectivity index (χ0v) is 14.5. The van der Waals surface area contributed by atoms with E-state index in [1.807, 2.05) is 12.1 Å². The third-order valence-electron chi connectivity index (χ3n) is 3.09. The van der Waals surface area contributed by atoms with Crippen LogP contribution in [0.5, 0.6) is 0 Å². The molecule has 22 heavy (non-hydrogen) atoms. The first-order chi connectivity index (χ1) is 10.4. The average molecular weight is 389 g/mol. The van der Waals surface area contributed by atoms with E-state index in [4.69, 9.17) is 16.3 Å². The van der Waals surface area contributed by atoms with E-state index in [-0.39, 0.29) is 23.6 Å². The Labute approximate surface area is 140 Å². The Bertz CT molecular complexity index is 724. The van der Waals surface area contributed by atoms with E-state index in [1.165, 1.54) is 9.25 Å². The van der Waals surface area contributed by atoms with E-state index in [2.05, 4.69) is 21.0 Å². The van der Waals surface area contributed by atoms with Crippen LogP contribution >= 0.6 is 27.5 Å². The van der Waals surface area contributed by atoms with Gasteiger partial charge in [-0.3, -0.25) is 4.57 Å². The Balaban J connectivity index is 2.29. The molecule has 0 aliphatic heterocycles. The van der Waals surface area contributed by atoms with E-state index in [1.54, 1.807) is 26.0 Å². The van der Waals surface area contributed by atoms with Crippen LogP contribution in [0.4, 0.5) is 0 Å². The van der Waals surface area contributed by atoms with Gasteiger partial charge in [-0.2, -0.15) is 0 Å². The summed E-state index contributed by atoms with van der Waals surface area (Å²) < 4.78 is 7.76. The molecule has 1 atom stereocenters. The fourth-order valence-corrected chi connectivity index (χ4v) is 2.73. The Morgan fingerprint density at radius 2 is 2.05 bits per heavy atom. The number of aromatic nitrogens is 3. The van der Waals surface area contributed by atoms with Gasteiger partial charge in [-0.1, -0.05) is 23.7 Å². The highest BCUT2D eigenvalue weighted by Gasteiger charge is 2.23. The molecule has 2 aromatic rings. The molecule has 118 valence electrons. The maximum Gasteiger partial charge on any atom is 0.347 e. The van der Waals surface area contributed by atoms with Gasteiger partial charge in [0, 0.05) is 5.02 Å². The molecule has 0 aliphatic rings. The molecule has 1 aromatic heterocycles. The van der Waals surface area contributed by atoms with Gasteiger partial charge in [0.15, 0.2) is 0 Å². The Morgan fingerprint density at radius 1 is 1.41 bits per heavy atom. The first-order valence-corrected chi connectivity index (χ1v) is 7.87. The highest BCUT2D eigenvalue weighted by molar-refractivity contribution is 9.10. The molecule has 6 nitrogen and oxygen atoms in total. The molecule has 2 rings (SSSR count). The Morgan fingerprint density at radius 3 is 2.64 bits per heavy atom. The number of carbonyl (C=O) groups is 1. The number of rotatable bonds is 5. The predicted octanol–water partition coefficient (Wildman–Crippen LogP) is 2.63. The summed E-state index contributed by atoms with van der Waals surface area (Å²) in [6.07, 6.45) is 0. The largest absolute Gasteiger partial charge is 0.464 e. The van der Waals surface area contributed by atoms with E-state index in [0.29, 0.717) is 5.02 Å². The maximum absolute atomic E-state index is 12.4. The summed E-state index contributed by atoms with van der Waals surface area (Å²) in [5, 5.41) is 4.76. The third-order valence-corrected chi connectivity index (χ3v) is 3.88. The van der Waals surface area contributed by atoms with Crippen molar-refractivity contribution in [3.05, 3.63) is 50.1 Å². The van der Waals surface area contributed by atoms with E-state index in [0.717, 1.165) is 5.56 Å². The lowest BCUT2D eigenvalue weighted by atomic mass is 10.2. The van der Waals surface area contributed by atoms with E-state index in [9.17, 15) is 9.59 Å². The van der Waals surface area contributed by atoms with Crippen molar-refractivity contribution in [2.24, 2.45) is 0 Å². The number of esters is 1. The van der Waals surface area contributed by atoms with E-state index >= 15 is 0 Å². The van der Waals surface area contributed by atoms with Crippen LogP contribution < -0.4 is 5.69 Å². The molecular formula is C14H15BrClN3O3. The molecule has 1 aromatic carbocycles. The van der Waals surface area contributed by atoms with Crippen molar-refractivity contribution in [3.8, 4) is 0 Å². The predicted molar refractivity (Wildman–Crippen MR) is 86.1 cm³/mol. The topological polar surface area (TPSA) is 66.1 Å². The number of halogens is 2. The van der Waals surface area contributed by atoms with Gasteiger partial charge >= 0.3 is 11.7 Å². The van der Waals surface area contributed by atoms with Crippen LogP contribution in [0.1, 0.15) is 25.5 Å². The molecular weight excluding hydrogens is 374 g/mol. The van der Waals surface area contributed by atoms with Crippen LogP contribution in [0.2, 0.25) is 5.02 Å².